The van der Waals surface area contributed by atoms with Gasteiger partial charge in [-0.1, -0.05) is 37.1 Å². The van der Waals surface area contributed by atoms with E-state index in [-0.39, 0.29) is 72.9 Å². The Morgan fingerprint density at radius 3 is 2.43 bits per heavy atom. The number of carbonyl (C=O) groups excluding carboxylic acids is 4. The number of benzene rings is 3. The van der Waals surface area contributed by atoms with E-state index in [0.717, 1.165) is 44.3 Å². The number of rotatable bonds is 10. The SMILES string of the molecule is CCC(C)c1cc(-c2nnc(O)n2-c2ccc(CC3CCN(CC(=O)Nc4cccc5c4CN(C4CCC(=O)NC4=O)C5=O)CC3)cc2)c(O)cc1O. The molecule has 5 N–H and O–H groups in total. The highest BCUT2D eigenvalue weighted by Crippen LogP contribution is 2.40. The van der Waals surface area contributed by atoms with E-state index in [4.69, 9.17) is 0 Å². The maximum atomic E-state index is 13.2. The van der Waals surface area contributed by atoms with Crippen LogP contribution in [0.2, 0.25) is 0 Å². The smallest absolute Gasteiger partial charge is 0.319 e. The van der Waals surface area contributed by atoms with E-state index in [1.807, 2.05) is 38.1 Å². The monoisotopic (exact) mass is 721 g/mol. The van der Waals surface area contributed by atoms with Gasteiger partial charge in [0, 0.05) is 35.8 Å². The maximum Gasteiger partial charge on any atom is 0.319 e. The van der Waals surface area contributed by atoms with E-state index in [0.29, 0.717) is 39.5 Å². The number of carbonyl (C=O) groups is 4. The van der Waals surface area contributed by atoms with Crippen LogP contribution in [0, 0.1) is 5.92 Å². The molecule has 0 aliphatic carbocycles. The largest absolute Gasteiger partial charge is 0.508 e. The molecule has 276 valence electrons. The molecule has 3 aromatic carbocycles. The Morgan fingerprint density at radius 1 is 0.962 bits per heavy atom. The molecular weight excluding hydrogens is 678 g/mol. The number of imide groups is 1. The fourth-order valence-corrected chi connectivity index (χ4v) is 7.63. The van der Waals surface area contributed by atoms with Crippen LogP contribution in [0.25, 0.3) is 17.1 Å². The molecule has 14 heteroatoms. The highest BCUT2D eigenvalue weighted by atomic mass is 16.3. The Morgan fingerprint density at radius 2 is 1.72 bits per heavy atom. The lowest BCUT2D eigenvalue weighted by atomic mass is 9.90. The van der Waals surface area contributed by atoms with Crippen molar-refractivity contribution in [3.8, 4) is 34.6 Å². The summed E-state index contributed by atoms with van der Waals surface area (Å²) in [6.07, 6.45) is 3.93. The number of phenols is 2. The van der Waals surface area contributed by atoms with Crippen LogP contribution in [0.4, 0.5) is 5.69 Å². The molecule has 4 heterocycles. The van der Waals surface area contributed by atoms with Crippen LogP contribution in [-0.4, -0.2) is 89.2 Å². The third kappa shape index (κ3) is 7.18. The lowest BCUT2D eigenvalue weighted by molar-refractivity contribution is -0.137. The lowest BCUT2D eigenvalue weighted by Crippen LogP contribution is -2.52. The number of anilines is 1. The number of aromatic nitrogens is 3. The van der Waals surface area contributed by atoms with Crippen molar-refractivity contribution in [3.05, 3.63) is 76.9 Å². The minimum absolute atomic E-state index is 0.00439. The second kappa shape index (κ2) is 14.7. The van der Waals surface area contributed by atoms with Crippen molar-refractivity contribution >= 4 is 29.3 Å². The van der Waals surface area contributed by atoms with E-state index in [1.54, 1.807) is 24.3 Å². The Labute approximate surface area is 306 Å². The molecule has 0 bridgehead atoms. The van der Waals surface area contributed by atoms with Crippen molar-refractivity contribution in [3.63, 3.8) is 0 Å². The third-order valence-corrected chi connectivity index (χ3v) is 10.8. The molecule has 53 heavy (non-hydrogen) atoms. The van der Waals surface area contributed by atoms with Gasteiger partial charge < -0.3 is 25.5 Å². The number of hydrogen-bond acceptors (Lipinski definition) is 10. The second-order valence-corrected chi connectivity index (χ2v) is 14.3. The fourth-order valence-electron chi connectivity index (χ4n) is 7.63. The topological polar surface area (TPSA) is 190 Å². The van der Waals surface area contributed by atoms with Crippen molar-refractivity contribution < 1.29 is 34.5 Å². The maximum absolute atomic E-state index is 13.2. The summed E-state index contributed by atoms with van der Waals surface area (Å²) in [7, 11) is 0. The van der Waals surface area contributed by atoms with Crippen LogP contribution in [-0.2, 0) is 27.3 Å². The first-order chi connectivity index (χ1) is 25.5. The van der Waals surface area contributed by atoms with Crippen LogP contribution >= 0.6 is 0 Å². The Bertz CT molecular complexity index is 2070. The number of nitrogens with zero attached hydrogens (tertiary/aromatic N) is 5. The molecule has 2 unspecified atom stereocenters. The molecule has 0 saturated carbocycles. The summed E-state index contributed by atoms with van der Waals surface area (Å²) >= 11 is 0. The predicted molar refractivity (Wildman–Crippen MR) is 194 cm³/mol. The van der Waals surface area contributed by atoms with Crippen molar-refractivity contribution in [2.75, 3.05) is 25.0 Å². The van der Waals surface area contributed by atoms with Crippen molar-refractivity contribution in [2.24, 2.45) is 5.92 Å². The quantitative estimate of drug-likeness (QED) is 0.148. The number of nitrogens with one attached hydrogen (secondary N) is 2. The van der Waals surface area contributed by atoms with Gasteiger partial charge in [-0.25, -0.2) is 4.57 Å². The molecule has 3 aliphatic rings. The van der Waals surface area contributed by atoms with Crippen LogP contribution in [0.15, 0.2) is 54.6 Å². The molecule has 3 aliphatic heterocycles. The van der Waals surface area contributed by atoms with Gasteiger partial charge in [0.15, 0.2) is 5.82 Å². The molecule has 2 fully saturated rings. The average molecular weight is 722 g/mol. The summed E-state index contributed by atoms with van der Waals surface area (Å²) in [6, 6.07) is 14.9. The van der Waals surface area contributed by atoms with Crippen LogP contribution in [0.1, 0.15) is 78.9 Å². The van der Waals surface area contributed by atoms with Gasteiger partial charge in [-0.3, -0.25) is 29.4 Å². The summed E-state index contributed by atoms with van der Waals surface area (Å²) < 4.78 is 1.47. The van der Waals surface area contributed by atoms with Gasteiger partial charge in [-0.15, -0.1) is 5.10 Å². The van der Waals surface area contributed by atoms with Gasteiger partial charge in [0.05, 0.1) is 17.8 Å². The summed E-state index contributed by atoms with van der Waals surface area (Å²) in [4.78, 5) is 54.0. The van der Waals surface area contributed by atoms with E-state index < -0.39 is 11.9 Å². The van der Waals surface area contributed by atoms with E-state index >= 15 is 0 Å². The van der Waals surface area contributed by atoms with Crippen LogP contribution in [0.5, 0.6) is 17.5 Å². The fraction of sp³-hybridized carbons (Fsp3) is 0.385. The number of fused-ring (bicyclic) bond motifs is 1. The first-order valence-corrected chi connectivity index (χ1v) is 18.1. The highest BCUT2D eigenvalue weighted by Gasteiger charge is 2.40. The number of aromatic hydroxyl groups is 3. The zero-order chi connectivity index (χ0) is 37.4. The van der Waals surface area contributed by atoms with Gasteiger partial charge in [0.1, 0.15) is 17.5 Å². The van der Waals surface area contributed by atoms with Crippen molar-refractivity contribution in [1.29, 1.82) is 0 Å². The zero-order valence-corrected chi connectivity index (χ0v) is 29.7. The van der Waals surface area contributed by atoms with Crippen molar-refractivity contribution in [1.82, 2.24) is 29.9 Å². The predicted octanol–water partition coefficient (Wildman–Crippen LogP) is 4.22. The third-order valence-electron chi connectivity index (χ3n) is 10.8. The molecule has 0 spiro atoms. The van der Waals surface area contributed by atoms with E-state index in [2.05, 4.69) is 25.7 Å². The van der Waals surface area contributed by atoms with E-state index in [9.17, 15) is 34.5 Å². The molecular formula is C39H43N7O7. The van der Waals surface area contributed by atoms with Crippen LogP contribution in [0.3, 0.4) is 0 Å². The van der Waals surface area contributed by atoms with Gasteiger partial charge in [0.25, 0.3) is 5.91 Å². The zero-order valence-electron chi connectivity index (χ0n) is 29.7. The summed E-state index contributed by atoms with van der Waals surface area (Å²) in [5, 5.41) is 45.0. The summed E-state index contributed by atoms with van der Waals surface area (Å²) in [5.74, 6) is -0.700. The number of likely N-dealkylation sites (tertiary alicyclic amines) is 1. The van der Waals surface area contributed by atoms with Gasteiger partial charge >= 0.3 is 6.01 Å². The van der Waals surface area contributed by atoms with Gasteiger partial charge in [0.2, 0.25) is 17.7 Å². The molecule has 2 atom stereocenters. The number of hydrogen-bond donors (Lipinski definition) is 5. The Kier molecular flexibility index (Phi) is 9.88. The molecule has 0 radical (unpaired) electrons. The molecule has 7 rings (SSSR count). The molecule has 4 amide bonds. The van der Waals surface area contributed by atoms with Crippen LogP contribution < -0.4 is 10.6 Å². The average Bonchev–Trinajstić information content (AvgIpc) is 3.69. The van der Waals surface area contributed by atoms with Gasteiger partial charge in [-0.2, -0.15) is 0 Å². The summed E-state index contributed by atoms with van der Waals surface area (Å²) in [6.45, 7) is 5.93. The highest BCUT2D eigenvalue weighted by molar-refractivity contribution is 6.07. The van der Waals surface area contributed by atoms with Crippen molar-refractivity contribution in [2.45, 2.75) is 70.9 Å². The molecule has 14 nitrogen and oxygen atoms in total. The standard InChI is InChI=1S/C39H43N7O7/c1-3-22(2)27-18-28(33(48)19-32(27)47)36-42-43-39(53)46(36)25-9-7-23(8-10-25)17-24-13-15-44(16-14-24)21-35(50)40-30-6-4-5-26-29(30)20-45(38(26)52)31-11-12-34(49)41-37(31)51/h4-10,18-19,22,24,31,47-48H,3,11-17,20-21H2,1-2H3,(H,40,50)(H,43,53)(H,41,49,51). The molecule has 2 saturated heterocycles. The Balaban J connectivity index is 0.937. The molecule has 1 aromatic heterocycles. The lowest BCUT2D eigenvalue weighted by Gasteiger charge is -2.31. The molecule has 4 aromatic rings. The number of piperidine rings is 2. The number of amides is 4. The van der Waals surface area contributed by atoms with E-state index in [1.165, 1.54) is 15.5 Å². The first kappa shape index (κ1) is 35.6. The van der Waals surface area contributed by atoms with Gasteiger partial charge in [-0.05, 0) is 98.5 Å². The Hall–Kier alpha value is -5.76. The number of phenolic OH excluding ortho intramolecular Hbond substituents is 2. The minimum atomic E-state index is -0.722. The normalized spacial score (nSPS) is 18.6. The minimum Gasteiger partial charge on any atom is -0.508 e. The second-order valence-electron chi connectivity index (χ2n) is 14.3. The summed E-state index contributed by atoms with van der Waals surface area (Å²) in [5.41, 5.74) is 4.46. The first-order valence-electron chi connectivity index (χ1n) is 18.1.